The molecule has 0 atom stereocenters. The van der Waals surface area contributed by atoms with Gasteiger partial charge in [0.05, 0.1) is 0 Å². The van der Waals surface area contributed by atoms with Crippen LogP contribution in [0.4, 0.5) is 4.39 Å². The lowest BCUT2D eigenvalue weighted by Gasteiger charge is -2.05. The molecule has 0 N–H and O–H groups in total. The van der Waals surface area contributed by atoms with Crippen molar-refractivity contribution in [1.82, 2.24) is 0 Å². The summed E-state index contributed by atoms with van der Waals surface area (Å²) in [5.41, 5.74) is 0.980. The van der Waals surface area contributed by atoms with E-state index in [-0.39, 0.29) is 18.6 Å². The van der Waals surface area contributed by atoms with Crippen LogP contribution in [0.5, 0.6) is 0 Å². The van der Waals surface area contributed by atoms with Gasteiger partial charge in [0, 0.05) is 6.42 Å². The molecule has 2 aromatic rings. The molecule has 0 spiro atoms. The predicted octanol–water partition coefficient (Wildman–Crippen LogP) is 2.68. The summed E-state index contributed by atoms with van der Waals surface area (Å²) in [6.07, 6.45) is -0.291. The molecule has 0 aliphatic carbocycles. The second-order valence-electron chi connectivity index (χ2n) is 4.25. The van der Waals surface area contributed by atoms with Crippen LogP contribution in [0.15, 0.2) is 54.6 Å². The average molecular weight is 272 g/mol. The van der Waals surface area contributed by atoms with Gasteiger partial charge in [-0.25, -0.2) is 9.18 Å². The van der Waals surface area contributed by atoms with Crippen molar-refractivity contribution in [3.05, 3.63) is 71.5 Å². The molecule has 2 rings (SSSR count). The first-order valence-electron chi connectivity index (χ1n) is 6.14. The molecule has 0 amide bonds. The summed E-state index contributed by atoms with van der Waals surface area (Å²) in [4.78, 5) is 23.2. The lowest BCUT2D eigenvalue weighted by atomic mass is 10.1. The molecule has 0 aromatic heterocycles. The molecule has 0 radical (unpaired) electrons. The zero-order valence-electron chi connectivity index (χ0n) is 10.7. The molecule has 0 heterocycles. The molecule has 0 unspecified atom stereocenters. The van der Waals surface area contributed by atoms with E-state index in [0.29, 0.717) is 0 Å². The number of hydrogen-bond donors (Lipinski definition) is 0. The summed E-state index contributed by atoms with van der Waals surface area (Å²) >= 11 is 0. The lowest BCUT2D eigenvalue weighted by Crippen LogP contribution is -2.19. The molecule has 102 valence electrons. The monoisotopic (exact) mass is 272 g/mol. The molecule has 3 nitrogen and oxygen atoms in total. The second-order valence-corrected chi connectivity index (χ2v) is 4.25. The maximum atomic E-state index is 13.4. The molecule has 0 aliphatic heterocycles. The molecule has 2 aromatic carbocycles. The van der Waals surface area contributed by atoms with Crippen LogP contribution in [0.2, 0.25) is 0 Å². The van der Waals surface area contributed by atoms with E-state index in [2.05, 4.69) is 0 Å². The minimum Gasteiger partial charge on any atom is -0.455 e. The van der Waals surface area contributed by atoms with E-state index in [1.807, 2.05) is 18.2 Å². The first kappa shape index (κ1) is 13.9. The van der Waals surface area contributed by atoms with E-state index in [9.17, 15) is 14.0 Å². The van der Waals surface area contributed by atoms with Gasteiger partial charge in [0.1, 0.15) is 12.4 Å². The fourth-order valence-electron chi connectivity index (χ4n) is 1.69. The third-order valence-electron chi connectivity index (χ3n) is 2.75. The quantitative estimate of drug-likeness (QED) is 0.621. The number of carbonyl (C=O) groups excluding carboxylic acids is 2. The highest BCUT2D eigenvalue weighted by Gasteiger charge is 2.17. The molecule has 0 bridgehead atoms. The number of esters is 1. The Hall–Kier alpha value is -2.49. The summed E-state index contributed by atoms with van der Waals surface area (Å²) in [6, 6.07) is 14.9. The third-order valence-corrected chi connectivity index (χ3v) is 2.75. The van der Waals surface area contributed by atoms with Crippen LogP contribution in [-0.2, 0) is 27.4 Å². The summed E-state index contributed by atoms with van der Waals surface area (Å²) in [5.74, 6) is -2.21. The van der Waals surface area contributed by atoms with Crippen molar-refractivity contribution in [2.24, 2.45) is 0 Å². The Labute approximate surface area is 116 Å². The fourth-order valence-corrected chi connectivity index (χ4v) is 1.69. The van der Waals surface area contributed by atoms with Crippen LogP contribution >= 0.6 is 0 Å². The van der Waals surface area contributed by atoms with Crippen LogP contribution in [0.1, 0.15) is 11.1 Å². The SMILES string of the molecule is O=C(Cc1ccccc1F)C(=O)OCc1ccccc1. The maximum absolute atomic E-state index is 13.4. The second kappa shape index (κ2) is 6.61. The Morgan fingerprint density at radius 1 is 0.950 bits per heavy atom. The first-order valence-corrected chi connectivity index (χ1v) is 6.14. The number of carbonyl (C=O) groups is 2. The van der Waals surface area contributed by atoms with Crippen molar-refractivity contribution in [3.8, 4) is 0 Å². The van der Waals surface area contributed by atoms with E-state index in [0.717, 1.165) is 5.56 Å². The maximum Gasteiger partial charge on any atom is 0.375 e. The van der Waals surface area contributed by atoms with Crippen LogP contribution in [-0.4, -0.2) is 11.8 Å². The summed E-state index contributed by atoms with van der Waals surface area (Å²) < 4.78 is 18.3. The highest BCUT2D eigenvalue weighted by atomic mass is 19.1. The van der Waals surface area contributed by atoms with Gasteiger partial charge in [-0.2, -0.15) is 0 Å². The van der Waals surface area contributed by atoms with Crippen molar-refractivity contribution < 1.29 is 18.7 Å². The van der Waals surface area contributed by atoms with E-state index >= 15 is 0 Å². The van der Waals surface area contributed by atoms with E-state index in [1.165, 1.54) is 18.2 Å². The van der Waals surface area contributed by atoms with Gasteiger partial charge in [-0.1, -0.05) is 48.5 Å². The zero-order valence-corrected chi connectivity index (χ0v) is 10.7. The Morgan fingerprint density at radius 3 is 2.30 bits per heavy atom. The van der Waals surface area contributed by atoms with Crippen molar-refractivity contribution in [3.63, 3.8) is 0 Å². The lowest BCUT2D eigenvalue weighted by molar-refractivity contribution is -0.154. The molecule has 0 saturated carbocycles. The van der Waals surface area contributed by atoms with Crippen LogP contribution in [0.3, 0.4) is 0 Å². The Balaban J connectivity index is 1.90. The van der Waals surface area contributed by atoms with Crippen molar-refractivity contribution >= 4 is 11.8 Å². The minimum absolute atomic E-state index is 0.0304. The number of hydrogen-bond acceptors (Lipinski definition) is 3. The Bertz CT molecular complexity index is 608. The fraction of sp³-hybridized carbons (Fsp3) is 0.125. The normalized spacial score (nSPS) is 10.1. The van der Waals surface area contributed by atoms with Gasteiger partial charge < -0.3 is 4.74 Å². The average Bonchev–Trinajstić information content (AvgIpc) is 2.48. The summed E-state index contributed by atoms with van der Waals surface area (Å²) in [7, 11) is 0. The van der Waals surface area contributed by atoms with Crippen molar-refractivity contribution in [1.29, 1.82) is 0 Å². The van der Waals surface area contributed by atoms with E-state index in [4.69, 9.17) is 4.74 Å². The van der Waals surface area contributed by atoms with E-state index in [1.54, 1.807) is 18.2 Å². The molecule has 0 aliphatic rings. The number of Topliss-reactive ketones (excluding diaryl/α,β-unsaturated/α-hetero) is 1. The molecule has 0 fully saturated rings. The highest BCUT2D eigenvalue weighted by molar-refractivity contribution is 6.34. The van der Waals surface area contributed by atoms with Gasteiger partial charge in [0.25, 0.3) is 0 Å². The van der Waals surface area contributed by atoms with Gasteiger partial charge in [-0.3, -0.25) is 4.79 Å². The Kier molecular flexibility index (Phi) is 4.60. The Morgan fingerprint density at radius 2 is 1.60 bits per heavy atom. The smallest absolute Gasteiger partial charge is 0.375 e. The van der Waals surface area contributed by atoms with Crippen molar-refractivity contribution in [2.45, 2.75) is 13.0 Å². The summed E-state index contributed by atoms with van der Waals surface area (Å²) in [5, 5.41) is 0. The van der Waals surface area contributed by atoms with Gasteiger partial charge in [0.2, 0.25) is 5.78 Å². The first-order chi connectivity index (χ1) is 9.66. The zero-order chi connectivity index (χ0) is 14.4. The molecule has 20 heavy (non-hydrogen) atoms. The topological polar surface area (TPSA) is 43.4 Å². The van der Waals surface area contributed by atoms with Gasteiger partial charge in [0.15, 0.2) is 0 Å². The highest BCUT2D eigenvalue weighted by Crippen LogP contribution is 2.08. The molecule has 4 heteroatoms. The minimum atomic E-state index is -0.947. The molecular formula is C16H13FO3. The van der Waals surface area contributed by atoms with Gasteiger partial charge >= 0.3 is 5.97 Å². The number of benzene rings is 2. The number of rotatable bonds is 5. The molecule has 0 saturated heterocycles. The predicted molar refractivity (Wildman–Crippen MR) is 71.3 cm³/mol. The number of halogens is 1. The van der Waals surface area contributed by atoms with Crippen LogP contribution in [0.25, 0.3) is 0 Å². The van der Waals surface area contributed by atoms with Crippen LogP contribution in [0, 0.1) is 5.82 Å². The van der Waals surface area contributed by atoms with Gasteiger partial charge in [-0.05, 0) is 17.2 Å². The number of ether oxygens (including phenoxy) is 1. The third kappa shape index (κ3) is 3.75. The van der Waals surface area contributed by atoms with E-state index < -0.39 is 17.6 Å². The van der Waals surface area contributed by atoms with Crippen molar-refractivity contribution in [2.75, 3.05) is 0 Å². The molecular weight excluding hydrogens is 259 g/mol. The summed E-state index contributed by atoms with van der Waals surface area (Å²) in [6.45, 7) is 0.0304. The van der Waals surface area contributed by atoms with Gasteiger partial charge in [-0.15, -0.1) is 0 Å². The van der Waals surface area contributed by atoms with Crippen LogP contribution < -0.4 is 0 Å². The number of ketones is 1. The largest absolute Gasteiger partial charge is 0.455 e. The standard InChI is InChI=1S/C16H13FO3/c17-14-9-5-4-8-13(14)10-15(18)16(19)20-11-12-6-2-1-3-7-12/h1-9H,10-11H2.